The van der Waals surface area contributed by atoms with Crippen LogP contribution < -0.4 is 11.1 Å². The highest BCUT2D eigenvalue weighted by molar-refractivity contribution is 5.67. The zero-order valence-corrected chi connectivity index (χ0v) is 9.60. The first-order valence-electron chi connectivity index (χ1n) is 5.25. The maximum atomic E-state index is 10.6. The maximum Gasteiger partial charge on any atom is 0.304 e. The van der Waals surface area contributed by atoms with Crippen LogP contribution in [0.1, 0.15) is 23.6 Å². The molecule has 1 rings (SSSR count). The normalized spacial score (nSPS) is 14.4. The molecule has 0 aromatic heterocycles. The highest BCUT2D eigenvalue weighted by Gasteiger charge is 2.20. The van der Waals surface area contributed by atoms with Crippen molar-refractivity contribution in [3.05, 3.63) is 35.4 Å². The molecule has 0 spiro atoms. The quantitative estimate of drug-likeness (QED) is 0.696. The number of aryl methyl sites for hydroxylation is 1. The van der Waals surface area contributed by atoms with E-state index in [9.17, 15) is 4.79 Å². The number of benzene rings is 1. The molecule has 2 atom stereocenters. The van der Waals surface area contributed by atoms with Crippen LogP contribution >= 0.6 is 0 Å². The molecule has 0 bridgehead atoms. The number of likely N-dealkylation sites (N-methyl/N-ethyl adjacent to an activating group) is 1. The molecule has 16 heavy (non-hydrogen) atoms. The van der Waals surface area contributed by atoms with Crippen molar-refractivity contribution < 1.29 is 9.90 Å². The Morgan fingerprint density at radius 2 is 2.25 bits per heavy atom. The van der Waals surface area contributed by atoms with Crippen LogP contribution in [0.25, 0.3) is 0 Å². The first kappa shape index (κ1) is 12.7. The number of rotatable bonds is 5. The van der Waals surface area contributed by atoms with Gasteiger partial charge in [-0.1, -0.05) is 29.8 Å². The Bertz CT molecular complexity index is 366. The first-order valence-corrected chi connectivity index (χ1v) is 5.25. The number of carboxylic acid groups (broad SMARTS) is 1. The molecule has 0 aliphatic carbocycles. The molecule has 4 nitrogen and oxygen atoms in total. The Balaban J connectivity index is 2.85. The lowest BCUT2D eigenvalue weighted by molar-refractivity contribution is -0.137. The third-order valence-corrected chi connectivity index (χ3v) is 2.55. The molecule has 4 heteroatoms. The smallest absolute Gasteiger partial charge is 0.304 e. The van der Waals surface area contributed by atoms with Gasteiger partial charge in [0.15, 0.2) is 0 Å². The van der Waals surface area contributed by atoms with Crippen LogP contribution in [-0.2, 0) is 4.79 Å². The number of nitrogens with two attached hydrogens (primary N) is 1. The van der Waals surface area contributed by atoms with Crippen LogP contribution in [-0.4, -0.2) is 24.2 Å². The highest BCUT2D eigenvalue weighted by atomic mass is 16.4. The van der Waals surface area contributed by atoms with Crippen molar-refractivity contribution in [2.45, 2.75) is 25.4 Å². The standard InChI is InChI=1S/C12H18N2O2/c1-8-4-3-5-9(6-8)12(14-2)10(13)7-11(15)16/h3-6,10,12,14H,7,13H2,1-2H3,(H,15,16). The zero-order chi connectivity index (χ0) is 12.1. The minimum Gasteiger partial charge on any atom is -0.481 e. The lowest BCUT2D eigenvalue weighted by Crippen LogP contribution is -2.37. The number of hydrogen-bond donors (Lipinski definition) is 3. The molecule has 2 unspecified atom stereocenters. The molecular formula is C12H18N2O2. The maximum absolute atomic E-state index is 10.6. The summed E-state index contributed by atoms with van der Waals surface area (Å²) in [5.41, 5.74) is 8.03. The van der Waals surface area contributed by atoms with Gasteiger partial charge < -0.3 is 16.2 Å². The third-order valence-electron chi connectivity index (χ3n) is 2.55. The fourth-order valence-electron chi connectivity index (χ4n) is 1.81. The molecular weight excluding hydrogens is 204 g/mol. The zero-order valence-electron chi connectivity index (χ0n) is 9.60. The van der Waals surface area contributed by atoms with E-state index in [4.69, 9.17) is 10.8 Å². The Morgan fingerprint density at radius 1 is 1.56 bits per heavy atom. The van der Waals surface area contributed by atoms with E-state index in [2.05, 4.69) is 5.32 Å². The van der Waals surface area contributed by atoms with Gasteiger partial charge in [0.2, 0.25) is 0 Å². The fraction of sp³-hybridized carbons (Fsp3) is 0.417. The molecule has 1 aromatic rings. The minimum absolute atomic E-state index is 0.0422. The second kappa shape index (κ2) is 5.63. The van der Waals surface area contributed by atoms with Gasteiger partial charge in [-0.2, -0.15) is 0 Å². The topological polar surface area (TPSA) is 75.3 Å². The van der Waals surface area contributed by atoms with Gasteiger partial charge in [0.25, 0.3) is 0 Å². The molecule has 0 aliphatic heterocycles. The van der Waals surface area contributed by atoms with Gasteiger partial charge in [-0.3, -0.25) is 4.79 Å². The first-order chi connectivity index (χ1) is 7.54. The molecule has 0 heterocycles. The van der Waals surface area contributed by atoms with Gasteiger partial charge in [0.1, 0.15) is 0 Å². The summed E-state index contributed by atoms with van der Waals surface area (Å²) in [5.74, 6) is -0.875. The van der Waals surface area contributed by atoms with E-state index < -0.39 is 12.0 Å². The number of aliphatic carboxylic acids is 1. The largest absolute Gasteiger partial charge is 0.481 e. The summed E-state index contributed by atoms with van der Waals surface area (Å²) in [4.78, 5) is 10.6. The molecule has 0 saturated heterocycles. The van der Waals surface area contributed by atoms with Crippen LogP contribution in [0.2, 0.25) is 0 Å². The summed E-state index contributed by atoms with van der Waals surface area (Å²) in [6, 6.07) is 7.36. The van der Waals surface area contributed by atoms with Gasteiger partial charge in [0.05, 0.1) is 6.42 Å². The SMILES string of the molecule is CNC(c1cccc(C)c1)C(N)CC(=O)O. The summed E-state index contributed by atoms with van der Waals surface area (Å²) < 4.78 is 0. The van der Waals surface area contributed by atoms with Crippen molar-refractivity contribution in [2.75, 3.05) is 7.05 Å². The average Bonchev–Trinajstić information content (AvgIpc) is 2.17. The van der Waals surface area contributed by atoms with Crippen molar-refractivity contribution in [3.63, 3.8) is 0 Å². The van der Waals surface area contributed by atoms with E-state index in [1.165, 1.54) is 0 Å². The van der Waals surface area contributed by atoms with Crippen LogP contribution in [0.5, 0.6) is 0 Å². The van der Waals surface area contributed by atoms with Crippen molar-refractivity contribution in [1.29, 1.82) is 0 Å². The molecule has 4 N–H and O–H groups in total. The lowest BCUT2D eigenvalue weighted by Gasteiger charge is -2.23. The van der Waals surface area contributed by atoms with E-state index in [0.717, 1.165) is 11.1 Å². The van der Waals surface area contributed by atoms with Crippen molar-refractivity contribution in [1.82, 2.24) is 5.32 Å². The monoisotopic (exact) mass is 222 g/mol. The molecule has 1 aromatic carbocycles. The van der Waals surface area contributed by atoms with E-state index in [1.807, 2.05) is 31.2 Å². The minimum atomic E-state index is -0.875. The van der Waals surface area contributed by atoms with Gasteiger partial charge in [-0.25, -0.2) is 0 Å². The molecule has 0 saturated carbocycles. The summed E-state index contributed by atoms with van der Waals surface area (Å²) in [5, 5.41) is 11.8. The predicted molar refractivity (Wildman–Crippen MR) is 63.2 cm³/mol. The highest BCUT2D eigenvalue weighted by Crippen LogP contribution is 2.18. The van der Waals surface area contributed by atoms with E-state index >= 15 is 0 Å². The van der Waals surface area contributed by atoms with E-state index in [0.29, 0.717) is 0 Å². The van der Waals surface area contributed by atoms with Crippen LogP contribution in [0.15, 0.2) is 24.3 Å². The Hall–Kier alpha value is -1.39. The van der Waals surface area contributed by atoms with Gasteiger partial charge in [0, 0.05) is 12.1 Å². The summed E-state index contributed by atoms with van der Waals surface area (Å²) >= 11 is 0. The second-order valence-corrected chi connectivity index (χ2v) is 3.94. The molecule has 0 fully saturated rings. The van der Waals surface area contributed by atoms with Crippen LogP contribution in [0, 0.1) is 6.92 Å². The number of hydrogen-bond acceptors (Lipinski definition) is 3. The summed E-state index contributed by atoms with van der Waals surface area (Å²) in [7, 11) is 1.79. The number of nitrogens with one attached hydrogen (secondary N) is 1. The second-order valence-electron chi connectivity index (χ2n) is 3.94. The van der Waals surface area contributed by atoms with Gasteiger partial charge in [-0.15, -0.1) is 0 Å². The van der Waals surface area contributed by atoms with Crippen molar-refractivity contribution in [3.8, 4) is 0 Å². The van der Waals surface area contributed by atoms with Gasteiger partial charge >= 0.3 is 5.97 Å². The summed E-state index contributed by atoms with van der Waals surface area (Å²) in [6.07, 6.45) is -0.0422. The average molecular weight is 222 g/mol. The number of carbonyl (C=O) groups is 1. The molecule has 0 radical (unpaired) electrons. The summed E-state index contributed by atoms with van der Waals surface area (Å²) in [6.45, 7) is 2.00. The van der Waals surface area contributed by atoms with Crippen LogP contribution in [0.3, 0.4) is 0 Å². The van der Waals surface area contributed by atoms with Crippen molar-refractivity contribution >= 4 is 5.97 Å². The van der Waals surface area contributed by atoms with Crippen molar-refractivity contribution in [2.24, 2.45) is 5.73 Å². The Labute approximate surface area is 95.5 Å². The molecule has 0 amide bonds. The van der Waals surface area contributed by atoms with E-state index in [-0.39, 0.29) is 12.5 Å². The molecule has 88 valence electrons. The van der Waals surface area contributed by atoms with Crippen LogP contribution in [0.4, 0.5) is 0 Å². The van der Waals surface area contributed by atoms with Gasteiger partial charge in [-0.05, 0) is 19.5 Å². The fourth-order valence-corrected chi connectivity index (χ4v) is 1.81. The van der Waals surface area contributed by atoms with E-state index in [1.54, 1.807) is 7.05 Å². The predicted octanol–water partition coefficient (Wildman–Crippen LogP) is 1.06. The number of carboxylic acids is 1. The third kappa shape index (κ3) is 3.32. The Morgan fingerprint density at radius 3 is 2.75 bits per heavy atom. The Kier molecular flexibility index (Phi) is 4.46. The molecule has 0 aliphatic rings. The lowest BCUT2D eigenvalue weighted by atomic mass is 9.96.